The third-order valence-electron chi connectivity index (χ3n) is 2.66. The van der Waals surface area contributed by atoms with E-state index in [4.69, 9.17) is 0 Å². The van der Waals surface area contributed by atoms with Crippen LogP contribution in [0.1, 0.15) is 13.0 Å². The molecule has 0 radical (unpaired) electrons. The number of tetrazole rings is 1. The molecule has 0 saturated heterocycles. The van der Waals surface area contributed by atoms with Crippen molar-refractivity contribution in [3.05, 3.63) is 42.7 Å². The van der Waals surface area contributed by atoms with E-state index < -0.39 is 6.04 Å². The van der Waals surface area contributed by atoms with Crippen molar-refractivity contribution < 1.29 is 9.18 Å². The summed E-state index contributed by atoms with van der Waals surface area (Å²) in [6.45, 7) is 5.53. The lowest BCUT2D eigenvalue weighted by molar-refractivity contribution is -0.124. The summed E-state index contributed by atoms with van der Waals surface area (Å²) in [5.41, 5.74) is 0.509. The fourth-order valence-corrected chi connectivity index (χ4v) is 1.56. The topological polar surface area (TPSA) is 72.7 Å². The molecule has 1 atom stereocenters. The lowest BCUT2D eigenvalue weighted by atomic mass is 10.2. The predicted octanol–water partition coefficient (Wildman–Crippen LogP) is 1.34. The molecule has 0 fully saturated rings. The van der Waals surface area contributed by atoms with Crippen LogP contribution >= 0.6 is 0 Å². The first kappa shape index (κ1) is 13.9. The lowest BCUT2D eigenvalue weighted by Crippen LogP contribution is -2.32. The molecule has 0 spiro atoms. The molecule has 2 aromatic rings. The minimum Gasteiger partial charge on any atom is -0.351 e. The number of halogens is 1. The zero-order valence-corrected chi connectivity index (χ0v) is 11.0. The molecule has 1 amide bonds. The molecule has 20 heavy (non-hydrogen) atoms. The van der Waals surface area contributed by atoms with Gasteiger partial charge in [-0.1, -0.05) is 18.2 Å². The highest BCUT2D eigenvalue weighted by molar-refractivity contribution is 5.79. The normalized spacial score (nSPS) is 11.9. The lowest BCUT2D eigenvalue weighted by Gasteiger charge is -2.08. The molecule has 0 aliphatic heterocycles. The van der Waals surface area contributed by atoms with E-state index in [0.29, 0.717) is 12.1 Å². The summed E-state index contributed by atoms with van der Waals surface area (Å²) < 4.78 is 13.1. The molecule has 6 nitrogen and oxygen atoms in total. The van der Waals surface area contributed by atoms with E-state index in [1.165, 1.54) is 16.9 Å². The largest absolute Gasteiger partial charge is 0.351 e. The summed E-state index contributed by atoms with van der Waals surface area (Å²) in [4.78, 5) is 12.9. The quantitative estimate of drug-likeness (QED) is 0.836. The average molecular weight is 275 g/mol. The number of amides is 1. The molecular weight excluding hydrogens is 261 g/mol. The third-order valence-corrected chi connectivity index (χ3v) is 2.66. The van der Waals surface area contributed by atoms with Crippen LogP contribution in [0.15, 0.2) is 36.9 Å². The maximum absolute atomic E-state index is 13.1. The maximum Gasteiger partial charge on any atom is 0.246 e. The molecule has 0 saturated carbocycles. The minimum atomic E-state index is -0.607. The number of aromatic nitrogens is 4. The molecular formula is C13H14FN5O. The highest BCUT2D eigenvalue weighted by Crippen LogP contribution is 2.15. The van der Waals surface area contributed by atoms with Crippen LogP contribution in [0.5, 0.6) is 0 Å². The van der Waals surface area contributed by atoms with Crippen LogP contribution in [0, 0.1) is 5.82 Å². The first-order chi connectivity index (χ1) is 9.61. The number of benzene rings is 1. The Morgan fingerprint density at radius 2 is 2.40 bits per heavy atom. The Morgan fingerprint density at radius 3 is 3.10 bits per heavy atom. The van der Waals surface area contributed by atoms with Crippen molar-refractivity contribution >= 4 is 5.91 Å². The number of nitrogens with one attached hydrogen (secondary N) is 1. The van der Waals surface area contributed by atoms with E-state index in [0.717, 1.165) is 0 Å². The molecule has 0 aliphatic rings. The fourth-order valence-electron chi connectivity index (χ4n) is 1.56. The summed E-state index contributed by atoms with van der Waals surface area (Å²) in [6, 6.07) is 5.27. The molecule has 104 valence electrons. The van der Waals surface area contributed by atoms with Gasteiger partial charge < -0.3 is 5.32 Å². The van der Waals surface area contributed by atoms with Crippen LogP contribution in [-0.4, -0.2) is 32.7 Å². The standard InChI is InChI=1S/C13H14FN5O/c1-3-7-15-13(20)9(2)19-17-12(16-18-19)10-5-4-6-11(14)8-10/h3-6,8-9H,1,7H2,2H3,(H,15,20)/t9-/m0/s1. The van der Waals surface area contributed by atoms with Crippen molar-refractivity contribution in [2.24, 2.45) is 0 Å². The second-order valence-electron chi connectivity index (χ2n) is 4.15. The van der Waals surface area contributed by atoms with Crippen molar-refractivity contribution in [3.8, 4) is 11.4 Å². The van der Waals surface area contributed by atoms with Crippen molar-refractivity contribution in [1.29, 1.82) is 0 Å². The highest BCUT2D eigenvalue weighted by atomic mass is 19.1. The van der Waals surface area contributed by atoms with Gasteiger partial charge in [-0.05, 0) is 24.3 Å². The molecule has 0 aliphatic carbocycles. The Balaban J connectivity index is 2.16. The molecule has 1 aromatic carbocycles. The van der Waals surface area contributed by atoms with Gasteiger partial charge in [0.25, 0.3) is 0 Å². The van der Waals surface area contributed by atoms with E-state index in [1.54, 1.807) is 25.1 Å². The monoisotopic (exact) mass is 275 g/mol. The van der Waals surface area contributed by atoms with Gasteiger partial charge in [0, 0.05) is 12.1 Å². The first-order valence-electron chi connectivity index (χ1n) is 6.06. The van der Waals surface area contributed by atoms with E-state index in [9.17, 15) is 9.18 Å². The smallest absolute Gasteiger partial charge is 0.246 e. The fraction of sp³-hybridized carbons (Fsp3) is 0.231. The summed E-state index contributed by atoms with van der Waals surface area (Å²) >= 11 is 0. The zero-order chi connectivity index (χ0) is 14.5. The summed E-state index contributed by atoms with van der Waals surface area (Å²) in [6.07, 6.45) is 1.58. The van der Waals surface area contributed by atoms with Crippen LogP contribution in [0.4, 0.5) is 4.39 Å². The van der Waals surface area contributed by atoms with Gasteiger partial charge >= 0.3 is 0 Å². The predicted molar refractivity (Wildman–Crippen MR) is 71.1 cm³/mol. The first-order valence-corrected chi connectivity index (χ1v) is 6.06. The summed E-state index contributed by atoms with van der Waals surface area (Å²) in [5, 5.41) is 14.4. The average Bonchev–Trinajstić information content (AvgIpc) is 2.93. The molecule has 1 aromatic heterocycles. The van der Waals surface area contributed by atoms with Crippen molar-refractivity contribution in [2.45, 2.75) is 13.0 Å². The highest BCUT2D eigenvalue weighted by Gasteiger charge is 2.18. The van der Waals surface area contributed by atoms with Gasteiger partial charge in [0.15, 0.2) is 0 Å². The van der Waals surface area contributed by atoms with Crippen molar-refractivity contribution in [3.63, 3.8) is 0 Å². The third kappa shape index (κ3) is 3.05. The van der Waals surface area contributed by atoms with E-state index in [2.05, 4.69) is 27.3 Å². The maximum atomic E-state index is 13.1. The SMILES string of the molecule is C=CCNC(=O)[C@H](C)n1nnc(-c2cccc(F)c2)n1. The van der Waals surface area contributed by atoms with Crippen LogP contribution < -0.4 is 5.32 Å². The van der Waals surface area contributed by atoms with Gasteiger partial charge in [0.1, 0.15) is 11.9 Å². The number of carbonyl (C=O) groups excluding carboxylic acids is 1. The Bertz CT molecular complexity index is 625. The van der Waals surface area contributed by atoms with Crippen LogP contribution in [-0.2, 0) is 4.79 Å². The minimum absolute atomic E-state index is 0.243. The summed E-state index contributed by atoms with van der Waals surface area (Å²) in [7, 11) is 0. The summed E-state index contributed by atoms with van der Waals surface area (Å²) in [5.74, 6) is -0.350. The van der Waals surface area contributed by atoms with Gasteiger partial charge in [-0.2, -0.15) is 4.80 Å². The molecule has 1 heterocycles. The molecule has 0 bridgehead atoms. The van der Waals surface area contributed by atoms with E-state index >= 15 is 0 Å². The number of rotatable bonds is 5. The second kappa shape index (κ2) is 6.05. The van der Waals surface area contributed by atoms with Gasteiger partial charge in [-0.25, -0.2) is 4.39 Å². The number of hydrogen-bond donors (Lipinski definition) is 1. The molecule has 1 N–H and O–H groups in total. The van der Waals surface area contributed by atoms with Gasteiger partial charge in [0.05, 0.1) is 0 Å². The van der Waals surface area contributed by atoms with Crippen molar-refractivity contribution in [1.82, 2.24) is 25.5 Å². The van der Waals surface area contributed by atoms with Crippen LogP contribution in [0.3, 0.4) is 0 Å². The van der Waals surface area contributed by atoms with Crippen LogP contribution in [0.25, 0.3) is 11.4 Å². The van der Waals surface area contributed by atoms with Crippen LogP contribution in [0.2, 0.25) is 0 Å². The zero-order valence-electron chi connectivity index (χ0n) is 11.0. The number of carbonyl (C=O) groups is 1. The second-order valence-corrected chi connectivity index (χ2v) is 4.15. The van der Waals surface area contributed by atoms with Gasteiger partial charge in [-0.3, -0.25) is 4.79 Å². The van der Waals surface area contributed by atoms with Gasteiger partial charge in [-0.15, -0.1) is 16.8 Å². The number of hydrogen-bond acceptors (Lipinski definition) is 4. The van der Waals surface area contributed by atoms with Gasteiger partial charge in [0.2, 0.25) is 11.7 Å². The number of nitrogens with zero attached hydrogens (tertiary/aromatic N) is 4. The van der Waals surface area contributed by atoms with Crippen molar-refractivity contribution in [2.75, 3.05) is 6.54 Å². The molecule has 2 rings (SSSR count). The Labute approximate surface area is 115 Å². The molecule has 0 unspecified atom stereocenters. The Morgan fingerprint density at radius 1 is 1.60 bits per heavy atom. The molecule has 7 heteroatoms. The Hall–Kier alpha value is -2.57. The van der Waals surface area contributed by atoms with E-state index in [1.807, 2.05) is 0 Å². The Kier molecular flexibility index (Phi) is 4.19. The van der Waals surface area contributed by atoms with E-state index in [-0.39, 0.29) is 17.5 Å².